The first kappa shape index (κ1) is 23.4. The topological polar surface area (TPSA) is 128 Å². The zero-order valence-electron chi connectivity index (χ0n) is 17.0. The van der Waals surface area contributed by atoms with Crippen molar-refractivity contribution in [3.63, 3.8) is 0 Å². The zero-order chi connectivity index (χ0) is 21.4. The fourth-order valence-electron chi connectivity index (χ4n) is 2.22. The molecule has 0 spiro atoms. The molecule has 0 aliphatic rings. The van der Waals surface area contributed by atoms with Gasteiger partial charge in [-0.2, -0.15) is 0 Å². The van der Waals surface area contributed by atoms with Gasteiger partial charge in [0.25, 0.3) is 0 Å². The lowest BCUT2D eigenvalue weighted by Crippen LogP contribution is -2.52. The third-order valence-electron chi connectivity index (χ3n) is 4.11. The molecule has 3 atom stereocenters. The van der Waals surface area contributed by atoms with E-state index in [0.29, 0.717) is 0 Å². The second-order valence-electron chi connectivity index (χ2n) is 7.39. The standard InChI is InChI=1S/C20H30N2O6/c1-11(2)16(21)18(24)22-17(12(3)4)20(26)27-10-13(5)28-19(25)14-6-8-15(23)9-7-14/h6-9,11-13,16-17,23H,10,21H2,1-5H3,(H,22,24). The van der Waals surface area contributed by atoms with Gasteiger partial charge < -0.3 is 25.6 Å². The van der Waals surface area contributed by atoms with Crippen molar-refractivity contribution in [2.45, 2.75) is 52.8 Å². The summed E-state index contributed by atoms with van der Waals surface area (Å²) in [6, 6.07) is 4.03. The van der Waals surface area contributed by atoms with Gasteiger partial charge in [0.2, 0.25) is 5.91 Å². The molecule has 0 saturated heterocycles. The van der Waals surface area contributed by atoms with Gasteiger partial charge in [0.05, 0.1) is 11.6 Å². The molecule has 8 nitrogen and oxygen atoms in total. The normalized spacial score (nSPS) is 14.3. The van der Waals surface area contributed by atoms with Crippen LogP contribution in [0.1, 0.15) is 45.0 Å². The number of benzene rings is 1. The van der Waals surface area contributed by atoms with E-state index in [1.165, 1.54) is 24.3 Å². The minimum atomic E-state index is -0.850. The number of nitrogens with one attached hydrogen (secondary N) is 1. The van der Waals surface area contributed by atoms with E-state index >= 15 is 0 Å². The third-order valence-corrected chi connectivity index (χ3v) is 4.11. The first-order valence-electron chi connectivity index (χ1n) is 9.25. The summed E-state index contributed by atoms with van der Waals surface area (Å²) in [7, 11) is 0. The van der Waals surface area contributed by atoms with Gasteiger partial charge in [0, 0.05) is 0 Å². The van der Waals surface area contributed by atoms with E-state index < -0.39 is 36.0 Å². The summed E-state index contributed by atoms with van der Waals surface area (Å²) in [4.78, 5) is 36.5. The van der Waals surface area contributed by atoms with Crippen molar-refractivity contribution in [2.24, 2.45) is 17.6 Å². The Bertz CT molecular complexity index is 672. The van der Waals surface area contributed by atoms with E-state index in [0.717, 1.165) is 0 Å². The van der Waals surface area contributed by atoms with Crippen LogP contribution in [0.4, 0.5) is 0 Å². The van der Waals surface area contributed by atoms with Crippen LogP contribution in [-0.4, -0.2) is 47.7 Å². The molecule has 1 aromatic rings. The summed E-state index contributed by atoms with van der Waals surface area (Å²) >= 11 is 0. The van der Waals surface area contributed by atoms with Crippen LogP contribution in [-0.2, 0) is 19.1 Å². The molecule has 0 aliphatic heterocycles. The molecule has 1 rings (SSSR count). The number of hydrogen-bond donors (Lipinski definition) is 3. The summed E-state index contributed by atoms with van der Waals surface area (Å²) in [5.74, 6) is -1.87. The van der Waals surface area contributed by atoms with Crippen LogP contribution < -0.4 is 11.1 Å². The molecule has 0 aliphatic carbocycles. The summed E-state index contributed by atoms with van der Waals surface area (Å²) in [5, 5.41) is 11.9. The number of esters is 2. The SMILES string of the molecule is CC(COC(=O)C(NC(=O)C(N)C(C)C)C(C)C)OC(=O)c1ccc(O)cc1. The number of aromatic hydroxyl groups is 1. The lowest BCUT2D eigenvalue weighted by Gasteiger charge is -2.24. The predicted molar refractivity (Wildman–Crippen MR) is 104 cm³/mol. The van der Waals surface area contributed by atoms with Crippen molar-refractivity contribution in [2.75, 3.05) is 6.61 Å². The maximum atomic E-state index is 12.4. The fraction of sp³-hybridized carbons (Fsp3) is 0.550. The van der Waals surface area contributed by atoms with E-state index in [-0.39, 0.29) is 29.8 Å². The Hall–Kier alpha value is -2.61. The van der Waals surface area contributed by atoms with E-state index in [1.54, 1.807) is 20.8 Å². The third kappa shape index (κ3) is 7.19. The Morgan fingerprint density at radius 3 is 2.11 bits per heavy atom. The molecular weight excluding hydrogens is 364 g/mol. The number of phenolic OH excluding ortho intramolecular Hbond substituents is 1. The maximum absolute atomic E-state index is 12.4. The second kappa shape index (κ2) is 10.7. The second-order valence-corrected chi connectivity index (χ2v) is 7.39. The zero-order valence-corrected chi connectivity index (χ0v) is 17.0. The Kier molecular flexibility index (Phi) is 8.91. The number of carbonyl (C=O) groups excluding carboxylic acids is 3. The van der Waals surface area contributed by atoms with Crippen molar-refractivity contribution in [3.8, 4) is 5.75 Å². The van der Waals surface area contributed by atoms with Gasteiger partial charge in [-0.05, 0) is 43.0 Å². The average Bonchev–Trinajstić information content (AvgIpc) is 2.63. The van der Waals surface area contributed by atoms with Crippen LogP contribution in [0.3, 0.4) is 0 Å². The van der Waals surface area contributed by atoms with Crippen molar-refractivity contribution in [1.82, 2.24) is 5.32 Å². The molecule has 0 bridgehead atoms. The largest absolute Gasteiger partial charge is 0.508 e. The molecule has 0 aromatic heterocycles. The van der Waals surface area contributed by atoms with Gasteiger partial charge in [-0.1, -0.05) is 27.7 Å². The van der Waals surface area contributed by atoms with Crippen molar-refractivity contribution in [1.29, 1.82) is 0 Å². The van der Waals surface area contributed by atoms with E-state index in [2.05, 4.69) is 5.32 Å². The van der Waals surface area contributed by atoms with E-state index in [1.807, 2.05) is 13.8 Å². The number of amides is 1. The van der Waals surface area contributed by atoms with Crippen molar-refractivity contribution >= 4 is 17.8 Å². The number of hydrogen-bond acceptors (Lipinski definition) is 7. The average molecular weight is 394 g/mol. The summed E-state index contributed by atoms with van der Waals surface area (Å²) < 4.78 is 10.4. The minimum Gasteiger partial charge on any atom is -0.508 e. The quantitative estimate of drug-likeness (QED) is 0.543. The predicted octanol–water partition coefficient (Wildman–Crippen LogP) is 1.60. The summed E-state index contributed by atoms with van der Waals surface area (Å²) in [6.45, 7) is 8.62. The number of rotatable bonds is 9. The number of phenols is 1. The van der Waals surface area contributed by atoms with Crippen LogP contribution in [0, 0.1) is 11.8 Å². The van der Waals surface area contributed by atoms with Crippen LogP contribution in [0.15, 0.2) is 24.3 Å². The van der Waals surface area contributed by atoms with Crippen LogP contribution in [0.2, 0.25) is 0 Å². The Labute approximate surface area is 165 Å². The monoisotopic (exact) mass is 394 g/mol. The van der Waals surface area contributed by atoms with Gasteiger partial charge in [-0.3, -0.25) is 4.79 Å². The highest BCUT2D eigenvalue weighted by atomic mass is 16.6. The lowest BCUT2D eigenvalue weighted by atomic mass is 10.0. The molecular formula is C20H30N2O6. The highest BCUT2D eigenvalue weighted by Gasteiger charge is 2.29. The van der Waals surface area contributed by atoms with Crippen LogP contribution >= 0.6 is 0 Å². The van der Waals surface area contributed by atoms with Gasteiger partial charge in [0.15, 0.2) is 0 Å². The minimum absolute atomic E-state index is 0.0393. The Balaban J connectivity index is 2.57. The highest BCUT2D eigenvalue weighted by Crippen LogP contribution is 2.12. The molecule has 1 aromatic carbocycles. The van der Waals surface area contributed by atoms with Crippen molar-refractivity contribution in [3.05, 3.63) is 29.8 Å². The van der Waals surface area contributed by atoms with E-state index in [4.69, 9.17) is 15.2 Å². The number of nitrogens with two attached hydrogens (primary N) is 1. The molecule has 0 saturated carbocycles. The van der Waals surface area contributed by atoms with Gasteiger partial charge >= 0.3 is 11.9 Å². The first-order valence-corrected chi connectivity index (χ1v) is 9.25. The molecule has 3 unspecified atom stereocenters. The molecule has 0 fully saturated rings. The number of ether oxygens (including phenoxy) is 2. The van der Waals surface area contributed by atoms with Crippen molar-refractivity contribution < 1.29 is 29.0 Å². The Morgan fingerprint density at radius 2 is 1.61 bits per heavy atom. The number of carbonyl (C=O) groups is 3. The lowest BCUT2D eigenvalue weighted by molar-refractivity contribution is -0.152. The summed E-state index contributed by atoms with van der Waals surface area (Å²) in [6.07, 6.45) is -0.688. The molecule has 8 heteroatoms. The first-order chi connectivity index (χ1) is 13.0. The Morgan fingerprint density at radius 1 is 1.04 bits per heavy atom. The molecule has 0 radical (unpaired) electrons. The summed E-state index contributed by atoms with van der Waals surface area (Å²) in [5.41, 5.74) is 6.08. The van der Waals surface area contributed by atoms with E-state index in [9.17, 15) is 19.5 Å². The van der Waals surface area contributed by atoms with Gasteiger partial charge in [0.1, 0.15) is 24.5 Å². The highest BCUT2D eigenvalue weighted by molar-refractivity contribution is 5.89. The molecule has 4 N–H and O–H groups in total. The van der Waals surface area contributed by atoms with Gasteiger partial charge in [-0.25, -0.2) is 9.59 Å². The maximum Gasteiger partial charge on any atom is 0.338 e. The van der Waals surface area contributed by atoms with Crippen LogP contribution in [0.5, 0.6) is 5.75 Å². The smallest absolute Gasteiger partial charge is 0.338 e. The fourth-order valence-corrected chi connectivity index (χ4v) is 2.22. The molecule has 156 valence electrons. The van der Waals surface area contributed by atoms with Gasteiger partial charge in [-0.15, -0.1) is 0 Å². The molecule has 1 amide bonds. The molecule has 28 heavy (non-hydrogen) atoms. The molecule has 0 heterocycles. The van der Waals surface area contributed by atoms with Crippen LogP contribution in [0.25, 0.3) is 0 Å².